The normalized spacial score (nSPS) is 21.0. The molecule has 0 N–H and O–H groups in total. The largest absolute Gasteiger partial charge is 0.343 e. The molecular formula is C29H37ClN4O2. The average Bonchev–Trinajstić information content (AvgIpc) is 3.18. The Labute approximate surface area is 219 Å². The summed E-state index contributed by atoms with van der Waals surface area (Å²) in [6, 6.07) is 16.5. The number of alkyl halides is 1. The molecule has 1 fully saturated rings. The monoisotopic (exact) mass is 508 g/mol. The SMILES string of the molecule is CCCCN(CCCC)C(=O)C1C(Cl)C(C)N(c2ccccc2)N1C(=O)N1C=c2ccccc2=CC1. The Morgan fingerprint density at radius 2 is 1.56 bits per heavy atom. The molecule has 0 aromatic heterocycles. The van der Waals surface area contributed by atoms with Gasteiger partial charge >= 0.3 is 6.03 Å². The van der Waals surface area contributed by atoms with Gasteiger partial charge in [-0.2, -0.15) is 0 Å². The molecule has 0 bridgehead atoms. The van der Waals surface area contributed by atoms with Crippen LogP contribution in [0, 0.1) is 0 Å². The lowest BCUT2D eigenvalue weighted by Crippen LogP contribution is -2.57. The number of rotatable bonds is 8. The number of anilines is 1. The van der Waals surface area contributed by atoms with Gasteiger partial charge < -0.3 is 4.90 Å². The molecule has 0 saturated carbocycles. The Balaban J connectivity index is 1.74. The maximum atomic E-state index is 14.2. The van der Waals surface area contributed by atoms with Crippen LogP contribution in [0.15, 0.2) is 54.6 Å². The summed E-state index contributed by atoms with van der Waals surface area (Å²) in [5, 5.41) is 5.06. The number of amides is 3. The average molecular weight is 509 g/mol. The number of carbonyl (C=O) groups excluding carboxylic acids is 2. The second kappa shape index (κ2) is 11.8. The molecule has 0 aliphatic carbocycles. The number of carbonyl (C=O) groups is 2. The van der Waals surface area contributed by atoms with E-state index in [1.807, 2.05) is 83.7 Å². The van der Waals surface area contributed by atoms with Crippen LogP contribution in [0.2, 0.25) is 0 Å². The van der Waals surface area contributed by atoms with Crippen molar-refractivity contribution < 1.29 is 9.59 Å². The Morgan fingerprint density at radius 1 is 0.944 bits per heavy atom. The molecule has 0 spiro atoms. The minimum absolute atomic E-state index is 0.0723. The topological polar surface area (TPSA) is 47.1 Å². The van der Waals surface area contributed by atoms with Crippen LogP contribution in [0.25, 0.3) is 12.3 Å². The van der Waals surface area contributed by atoms with Gasteiger partial charge in [-0.3, -0.25) is 14.7 Å². The molecule has 3 atom stereocenters. The number of para-hydroxylation sites is 1. The molecule has 2 aliphatic rings. The number of hydrogen-bond donors (Lipinski definition) is 0. The Morgan fingerprint density at radius 3 is 2.19 bits per heavy atom. The maximum Gasteiger partial charge on any atom is 0.343 e. The van der Waals surface area contributed by atoms with Crippen LogP contribution < -0.4 is 15.4 Å². The van der Waals surface area contributed by atoms with E-state index < -0.39 is 11.4 Å². The zero-order valence-corrected chi connectivity index (χ0v) is 22.3. The van der Waals surface area contributed by atoms with Crippen molar-refractivity contribution >= 4 is 41.5 Å². The molecule has 2 aromatic rings. The van der Waals surface area contributed by atoms with Gasteiger partial charge in [0.25, 0.3) is 0 Å². The van der Waals surface area contributed by atoms with Crippen molar-refractivity contribution in [3.05, 3.63) is 65.0 Å². The van der Waals surface area contributed by atoms with Crippen molar-refractivity contribution in [2.75, 3.05) is 24.6 Å². The third kappa shape index (κ3) is 5.24. The highest BCUT2D eigenvalue weighted by molar-refractivity contribution is 6.24. The summed E-state index contributed by atoms with van der Waals surface area (Å²) in [5.41, 5.74) is 0.842. The Bertz CT molecular complexity index is 1160. The van der Waals surface area contributed by atoms with Crippen LogP contribution in [-0.2, 0) is 4.79 Å². The van der Waals surface area contributed by atoms with Gasteiger partial charge in [0.15, 0.2) is 6.04 Å². The number of benzene rings is 2. The number of urea groups is 1. The van der Waals surface area contributed by atoms with E-state index >= 15 is 0 Å². The molecular weight excluding hydrogens is 472 g/mol. The molecule has 3 unspecified atom stereocenters. The molecule has 36 heavy (non-hydrogen) atoms. The Kier molecular flexibility index (Phi) is 8.57. The van der Waals surface area contributed by atoms with Crippen molar-refractivity contribution in [3.8, 4) is 0 Å². The van der Waals surface area contributed by atoms with E-state index in [4.69, 9.17) is 11.6 Å². The number of nitrogens with zero attached hydrogens (tertiary/aromatic N) is 4. The van der Waals surface area contributed by atoms with E-state index in [1.54, 1.807) is 9.91 Å². The van der Waals surface area contributed by atoms with E-state index in [0.29, 0.717) is 19.6 Å². The fourth-order valence-corrected chi connectivity index (χ4v) is 5.29. The van der Waals surface area contributed by atoms with Gasteiger partial charge in [0, 0.05) is 25.8 Å². The van der Waals surface area contributed by atoms with Gasteiger partial charge in [0.1, 0.15) is 0 Å². The summed E-state index contributed by atoms with van der Waals surface area (Å²) in [6.45, 7) is 8.02. The van der Waals surface area contributed by atoms with E-state index in [0.717, 1.165) is 41.8 Å². The Hall–Kier alpha value is -2.99. The fraction of sp³-hybridized carbons (Fsp3) is 0.448. The number of fused-ring (bicyclic) bond motifs is 1. The lowest BCUT2D eigenvalue weighted by Gasteiger charge is -2.38. The number of hydrogen-bond acceptors (Lipinski definition) is 3. The third-order valence-electron chi connectivity index (χ3n) is 7.03. The molecule has 3 amide bonds. The first kappa shape index (κ1) is 26.1. The second-order valence-electron chi connectivity index (χ2n) is 9.58. The molecule has 7 heteroatoms. The van der Waals surface area contributed by atoms with Crippen molar-refractivity contribution in [2.45, 2.75) is 63.9 Å². The number of hydrazine groups is 1. The van der Waals surface area contributed by atoms with Crippen molar-refractivity contribution in [2.24, 2.45) is 0 Å². The van der Waals surface area contributed by atoms with Crippen LogP contribution in [-0.4, -0.2) is 63.8 Å². The molecule has 1 saturated heterocycles. The van der Waals surface area contributed by atoms with Crippen molar-refractivity contribution in [1.82, 2.24) is 14.8 Å². The van der Waals surface area contributed by atoms with Crippen LogP contribution >= 0.6 is 11.6 Å². The van der Waals surface area contributed by atoms with Crippen LogP contribution in [0.4, 0.5) is 10.5 Å². The highest BCUT2D eigenvalue weighted by Crippen LogP contribution is 2.36. The highest BCUT2D eigenvalue weighted by atomic mass is 35.5. The summed E-state index contributed by atoms with van der Waals surface area (Å²) in [4.78, 5) is 31.8. The van der Waals surface area contributed by atoms with Crippen LogP contribution in [0.5, 0.6) is 0 Å². The molecule has 6 nitrogen and oxygen atoms in total. The number of halogens is 1. The van der Waals surface area contributed by atoms with Crippen molar-refractivity contribution in [1.29, 1.82) is 0 Å². The maximum absolute atomic E-state index is 14.2. The molecule has 2 aromatic carbocycles. The van der Waals surface area contributed by atoms with Gasteiger partial charge in [-0.25, -0.2) is 9.80 Å². The summed E-state index contributed by atoms with van der Waals surface area (Å²) >= 11 is 7.02. The fourth-order valence-electron chi connectivity index (χ4n) is 4.97. The van der Waals surface area contributed by atoms with Crippen LogP contribution in [0.3, 0.4) is 0 Å². The van der Waals surface area contributed by atoms with Crippen LogP contribution in [0.1, 0.15) is 46.5 Å². The summed E-state index contributed by atoms with van der Waals surface area (Å²) in [5.74, 6) is -0.0723. The molecule has 4 rings (SSSR count). The molecule has 2 aliphatic heterocycles. The molecule has 2 heterocycles. The van der Waals surface area contributed by atoms with Gasteiger partial charge in [-0.1, -0.05) is 75.2 Å². The smallest absolute Gasteiger partial charge is 0.341 e. The first-order valence-electron chi connectivity index (χ1n) is 13.1. The van der Waals surface area contributed by atoms with Gasteiger partial charge in [0.05, 0.1) is 17.1 Å². The quantitative estimate of drug-likeness (QED) is 0.503. The minimum Gasteiger partial charge on any atom is -0.341 e. The predicted octanol–water partition coefficient (Wildman–Crippen LogP) is 4.17. The van der Waals surface area contributed by atoms with Crippen molar-refractivity contribution in [3.63, 3.8) is 0 Å². The van der Waals surface area contributed by atoms with Gasteiger partial charge in [-0.05, 0) is 42.3 Å². The zero-order valence-electron chi connectivity index (χ0n) is 21.5. The second-order valence-corrected chi connectivity index (χ2v) is 10.1. The van der Waals surface area contributed by atoms with Gasteiger partial charge in [-0.15, -0.1) is 11.6 Å². The lowest BCUT2D eigenvalue weighted by molar-refractivity contribution is -0.135. The zero-order chi connectivity index (χ0) is 25.7. The van der Waals surface area contributed by atoms with Gasteiger partial charge in [0.2, 0.25) is 5.91 Å². The standard InChI is InChI=1S/C29H37ClN4O2/c1-4-6-18-31(19-7-5-2)28(35)27-26(30)22(3)33(25-15-9-8-10-16-25)34(27)29(36)32-20-17-23-13-11-12-14-24(23)21-32/h8-17,21-22,26-27H,4-7,18-20H2,1-3H3. The molecule has 0 radical (unpaired) electrons. The highest BCUT2D eigenvalue weighted by Gasteiger charge is 2.52. The number of unbranched alkanes of at least 4 members (excludes halogenated alkanes) is 2. The van der Waals surface area contributed by atoms with E-state index in [1.165, 1.54) is 0 Å². The lowest BCUT2D eigenvalue weighted by atomic mass is 10.1. The first-order chi connectivity index (χ1) is 17.5. The predicted molar refractivity (Wildman–Crippen MR) is 147 cm³/mol. The molecule has 192 valence electrons. The summed E-state index contributed by atoms with van der Waals surface area (Å²) < 4.78 is 0. The minimum atomic E-state index is -0.784. The van der Waals surface area contributed by atoms with E-state index in [-0.39, 0.29) is 18.0 Å². The summed E-state index contributed by atoms with van der Waals surface area (Å²) in [6.07, 6.45) is 7.76. The first-order valence-corrected chi connectivity index (χ1v) is 13.6. The summed E-state index contributed by atoms with van der Waals surface area (Å²) in [7, 11) is 0. The van der Waals surface area contributed by atoms with E-state index in [2.05, 4.69) is 13.8 Å². The third-order valence-corrected chi connectivity index (χ3v) is 7.64. The van der Waals surface area contributed by atoms with E-state index in [9.17, 15) is 9.59 Å².